The second kappa shape index (κ2) is 10.2. The molecule has 166 valence electrons. The summed E-state index contributed by atoms with van der Waals surface area (Å²) in [7, 11) is 0. The highest BCUT2D eigenvalue weighted by Gasteiger charge is 2.22. The molecule has 0 radical (unpaired) electrons. The summed E-state index contributed by atoms with van der Waals surface area (Å²) in [6, 6.07) is 14.9. The fourth-order valence-corrected chi connectivity index (χ4v) is 3.47. The number of nitrogens with zero attached hydrogens (tertiary/aromatic N) is 4. The van der Waals surface area contributed by atoms with E-state index in [9.17, 15) is 4.79 Å². The molecule has 0 bridgehead atoms. The topological polar surface area (TPSA) is 112 Å². The second-order valence-electron chi connectivity index (χ2n) is 7.45. The van der Waals surface area contributed by atoms with Crippen molar-refractivity contribution in [3.8, 4) is 22.8 Å². The Bertz CT molecular complexity index is 1050. The van der Waals surface area contributed by atoms with Crippen LogP contribution >= 0.6 is 0 Å². The predicted molar refractivity (Wildman–Crippen MR) is 122 cm³/mol. The lowest BCUT2D eigenvalue weighted by molar-refractivity contribution is 0.0985. The molecule has 32 heavy (non-hydrogen) atoms. The van der Waals surface area contributed by atoms with Crippen molar-refractivity contribution in [2.45, 2.75) is 13.0 Å². The maximum absolute atomic E-state index is 11.8. The molecule has 9 nitrogen and oxygen atoms in total. The first kappa shape index (κ1) is 21.7. The first-order valence-corrected chi connectivity index (χ1v) is 10.5. The number of aromatic nitrogens is 3. The van der Waals surface area contributed by atoms with Crippen molar-refractivity contribution in [2.75, 3.05) is 43.1 Å². The highest BCUT2D eigenvalue weighted by Crippen LogP contribution is 2.27. The Labute approximate surface area is 186 Å². The van der Waals surface area contributed by atoms with Gasteiger partial charge in [-0.05, 0) is 43.3 Å². The number of rotatable bonds is 6. The number of aliphatic hydroxyl groups excluding tert-OH is 1. The molecule has 1 aliphatic rings. The Balaban J connectivity index is 1.65. The molecule has 9 heteroatoms. The Morgan fingerprint density at radius 3 is 2.75 bits per heavy atom. The summed E-state index contributed by atoms with van der Waals surface area (Å²) in [5.74, 6) is 1.41. The summed E-state index contributed by atoms with van der Waals surface area (Å²) in [4.78, 5) is 28.1. The van der Waals surface area contributed by atoms with Gasteiger partial charge in [0.1, 0.15) is 5.82 Å². The number of ether oxygens (including phenoxy) is 1. The summed E-state index contributed by atoms with van der Waals surface area (Å²) in [5, 5.41) is 14.1. The molecule has 3 N–H and O–H groups in total. The van der Waals surface area contributed by atoms with Crippen LogP contribution in [-0.4, -0.2) is 65.0 Å². The normalized spacial score (nSPS) is 15.9. The van der Waals surface area contributed by atoms with E-state index in [1.54, 1.807) is 18.3 Å². The number of amides is 2. The summed E-state index contributed by atoms with van der Waals surface area (Å²) >= 11 is 0. The number of nitrogens with one attached hydrogen (secondary N) is 2. The van der Waals surface area contributed by atoms with Crippen molar-refractivity contribution in [1.29, 1.82) is 0 Å². The second-order valence-corrected chi connectivity index (χ2v) is 7.45. The quantitative estimate of drug-likeness (QED) is 0.546. The molecule has 1 aromatic carbocycles. The third-order valence-corrected chi connectivity index (χ3v) is 5.10. The van der Waals surface area contributed by atoms with E-state index < -0.39 is 0 Å². The molecule has 2 amide bonds. The van der Waals surface area contributed by atoms with E-state index in [0.717, 1.165) is 29.3 Å². The fraction of sp³-hybridized carbons (Fsp3) is 0.304. The molecule has 3 aromatic rings. The van der Waals surface area contributed by atoms with Crippen molar-refractivity contribution in [2.24, 2.45) is 0 Å². The minimum absolute atomic E-state index is 0.111. The number of aliphatic hydroxyl groups is 1. The van der Waals surface area contributed by atoms with Crippen LogP contribution in [-0.2, 0) is 4.74 Å². The number of carbonyl (C=O) groups is 1. The largest absolute Gasteiger partial charge is 0.395 e. The lowest BCUT2D eigenvalue weighted by atomic mass is 10.1. The minimum Gasteiger partial charge on any atom is -0.395 e. The fourth-order valence-electron chi connectivity index (χ4n) is 3.47. The van der Waals surface area contributed by atoms with Gasteiger partial charge >= 0.3 is 6.03 Å². The number of carbonyl (C=O) groups excluding carboxylic acids is 1. The molecule has 2 aromatic heterocycles. The zero-order valence-corrected chi connectivity index (χ0v) is 17.9. The molecular weight excluding hydrogens is 408 g/mol. The van der Waals surface area contributed by atoms with E-state index in [1.165, 1.54) is 0 Å². The van der Waals surface area contributed by atoms with Gasteiger partial charge in [0.05, 0.1) is 37.3 Å². The lowest BCUT2D eigenvalue weighted by Crippen LogP contribution is -2.44. The van der Waals surface area contributed by atoms with E-state index in [2.05, 4.69) is 27.4 Å². The van der Waals surface area contributed by atoms with Crippen molar-refractivity contribution in [3.05, 3.63) is 54.7 Å². The smallest absolute Gasteiger partial charge is 0.319 e. The minimum atomic E-state index is -0.371. The van der Waals surface area contributed by atoms with Crippen LogP contribution in [0, 0.1) is 0 Å². The van der Waals surface area contributed by atoms with Crippen LogP contribution in [0.15, 0.2) is 54.7 Å². The first-order chi connectivity index (χ1) is 15.6. The molecule has 1 unspecified atom stereocenters. The summed E-state index contributed by atoms with van der Waals surface area (Å²) < 4.78 is 5.58. The van der Waals surface area contributed by atoms with Gasteiger partial charge in [0.25, 0.3) is 0 Å². The van der Waals surface area contributed by atoms with Crippen LogP contribution in [0.1, 0.15) is 6.92 Å². The molecule has 1 aliphatic heterocycles. The van der Waals surface area contributed by atoms with Crippen LogP contribution in [0.25, 0.3) is 22.8 Å². The number of hydrogen-bond donors (Lipinski definition) is 3. The van der Waals surface area contributed by atoms with Gasteiger partial charge in [-0.2, -0.15) is 0 Å². The van der Waals surface area contributed by atoms with E-state index in [4.69, 9.17) is 19.8 Å². The highest BCUT2D eigenvalue weighted by molar-refractivity contribution is 5.89. The number of anilines is 2. The lowest BCUT2D eigenvalue weighted by Gasteiger charge is -2.34. The van der Waals surface area contributed by atoms with Crippen molar-refractivity contribution in [3.63, 3.8) is 0 Å². The van der Waals surface area contributed by atoms with Crippen LogP contribution < -0.4 is 15.5 Å². The number of morpholine rings is 1. The zero-order valence-electron chi connectivity index (χ0n) is 17.9. The zero-order chi connectivity index (χ0) is 22.3. The molecule has 1 saturated heterocycles. The van der Waals surface area contributed by atoms with Crippen LogP contribution in [0.4, 0.5) is 16.3 Å². The van der Waals surface area contributed by atoms with Crippen LogP contribution in [0.5, 0.6) is 0 Å². The summed E-state index contributed by atoms with van der Waals surface area (Å²) in [6.07, 6.45) is 1.75. The standard InChI is InChI=1S/C23H26N6O3/c1-16-15-32-13-11-29(16)21-14-20(19-4-2-3-9-24-19)27-22(28-21)17-5-7-18(8-6-17)26-23(31)25-10-12-30/h2-9,14,16,30H,10-13,15H2,1H3,(H2,25,26,31). The number of pyridine rings is 1. The van der Waals surface area contributed by atoms with Gasteiger partial charge in [0.2, 0.25) is 0 Å². The van der Waals surface area contributed by atoms with Crippen molar-refractivity contribution < 1.29 is 14.6 Å². The van der Waals surface area contributed by atoms with Crippen LogP contribution in [0.3, 0.4) is 0 Å². The average Bonchev–Trinajstić information content (AvgIpc) is 2.84. The van der Waals surface area contributed by atoms with Gasteiger partial charge < -0.3 is 25.4 Å². The number of hydrogen-bond acceptors (Lipinski definition) is 7. The van der Waals surface area contributed by atoms with Gasteiger partial charge in [-0.15, -0.1) is 0 Å². The van der Waals surface area contributed by atoms with Gasteiger partial charge in [-0.1, -0.05) is 6.07 Å². The molecule has 0 aliphatic carbocycles. The van der Waals surface area contributed by atoms with Crippen molar-refractivity contribution in [1.82, 2.24) is 20.3 Å². The van der Waals surface area contributed by atoms with Crippen LogP contribution in [0.2, 0.25) is 0 Å². The molecule has 0 spiro atoms. The maximum Gasteiger partial charge on any atom is 0.319 e. The van der Waals surface area contributed by atoms with Gasteiger partial charge in [0, 0.05) is 36.6 Å². The van der Waals surface area contributed by atoms with E-state index in [-0.39, 0.29) is 25.2 Å². The van der Waals surface area contributed by atoms with E-state index in [1.807, 2.05) is 36.4 Å². The molecule has 3 heterocycles. The SMILES string of the molecule is CC1COCCN1c1cc(-c2ccccn2)nc(-c2ccc(NC(=O)NCCO)cc2)n1. The Morgan fingerprint density at radius 2 is 2.03 bits per heavy atom. The summed E-state index contributed by atoms with van der Waals surface area (Å²) in [6.45, 7) is 4.26. The number of urea groups is 1. The van der Waals surface area contributed by atoms with Crippen molar-refractivity contribution >= 4 is 17.5 Å². The molecular formula is C23H26N6O3. The average molecular weight is 435 g/mol. The summed E-state index contributed by atoms with van der Waals surface area (Å²) in [5.41, 5.74) is 2.98. The van der Waals surface area contributed by atoms with Gasteiger partial charge in [-0.3, -0.25) is 4.98 Å². The predicted octanol–water partition coefficient (Wildman–Crippen LogP) is 2.54. The van der Waals surface area contributed by atoms with Gasteiger partial charge in [-0.25, -0.2) is 14.8 Å². The molecule has 0 saturated carbocycles. The molecule has 1 atom stereocenters. The molecule has 1 fully saturated rings. The third kappa shape index (κ3) is 5.19. The Kier molecular flexibility index (Phi) is 6.88. The maximum atomic E-state index is 11.8. The highest BCUT2D eigenvalue weighted by atomic mass is 16.5. The third-order valence-electron chi connectivity index (χ3n) is 5.10. The van der Waals surface area contributed by atoms with E-state index >= 15 is 0 Å². The molecule has 4 rings (SSSR count). The first-order valence-electron chi connectivity index (χ1n) is 10.5. The Hall–Kier alpha value is -3.56. The van der Waals surface area contributed by atoms with E-state index in [0.29, 0.717) is 24.7 Å². The monoisotopic (exact) mass is 434 g/mol. The Morgan fingerprint density at radius 1 is 1.19 bits per heavy atom. The van der Waals surface area contributed by atoms with Gasteiger partial charge in [0.15, 0.2) is 5.82 Å². The number of benzene rings is 1.